The highest BCUT2D eigenvalue weighted by Gasteiger charge is 2.12. The molecule has 122 valence electrons. The Morgan fingerprint density at radius 1 is 1.04 bits per heavy atom. The van der Waals surface area contributed by atoms with Gasteiger partial charge in [0.05, 0.1) is 7.11 Å². The number of nitrogens with one attached hydrogen (secondary N) is 1. The monoisotopic (exact) mass is 323 g/mol. The molecule has 0 amide bonds. The summed E-state index contributed by atoms with van der Waals surface area (Å²) in [4.78, 5) is 11.5. The molecule has 0 unspecified atom stereocenters. The van der Waals surface area contributed by atoms with Gasteiger partial charge in [-0.3, -0.25) is 0 Å². The molecule has 3 N–H and O–H groups in total. The van der Waals surface area contributed by atoms with Crippen molar-refractivity contribution in [3.05, 3.63) is 65.7 Å². The molecule has 0 aromatic heterocycles. The van der Waals surface area contributed by atoms with Crippen LogP contribution in [-0.2, 0) is 11.3 Å². The van der Waals surface area contributed by atoms with Crippen molar-refractivity contribution < 1.29 is 19.7 Å². The van der Waals surface area contributed by atoms with Crippen LogP contribution in [0.15, 0.2) is 54.6 Å². The van der Waals surface area contributed by atoms with Gasteiger partial charge in [-0.15, -0.1) is 0 Å². The van der Waals surface area contributed by atoms with E-state index >= 15 is 0 Å². The van der Waals surface area contributed by atoms with Gasteiger partial charge in [-0.1, -0.05) is 30.3 Å². The molecule has 0 saturated carbocycles. The number of esters is 1. The molecule has 0 aliphatic heterocycles. The van der Waals surface area contributed by atoms with Gasteiger partial charge in [0.15, 0.2) is 0 Å². The van der Waals surface area contributed by atoms with Crippen molar-refractivity contribution >= 4 is 22.4 Å². The van der Waals surface area contributed by atoms with Crippen molar-refractivity contribution in [1.29, 1.82) is 0 Å². The van der Waals surface area contributed by atoms with E-state index in [-0.39, 0.29) is 17.1 Å². The van der Waals surface area contributed by atoms with Crippen LogP contribution in [0.25, 0.3) is 10.8 Å². The number of phenolic OH excluding ortho intramolecular Hbond substituents is 2. The summed E-state index contributed by atoms with van der Waals surface area (Å²) < 4.78 is 4.60. The standard InChI is InChI=1S/C19H17NO4/c1-24-19(23)15-8-7-13(10-18(15)22)20-11-16-14-5-3-2-4-12(14)6-9-17(16)21/h2-10,20-22H,11H2,1H3. The highest BCUT2D eigenvalue weighted by atomic mass is 16.5. The van der Waals surface area contributed by atoms with Gasteiger partial charge in [0.2, 0.25) is 0 Å². The Morgan fingerprint density at radius 3 is 2.58 bits per heavy atom. The number of rotatable bonds is 4. The number of benzene rings is 3. The second kappa shape index (κ2) is 6.50. The first-order valence-corrected chi connectivity index (χ1v) is 7.45. The Bertz CT molecular complexity index is 905. The third-order valence-electron chi connectivity index (χ3n) is 3.89. The predicted octanol–water partition coefficient (Wildman–Crippen LogP) is 3.65. The van der Waals surface area contributed by atoms with E-state index in [0.29, 0.717) is 12.2 Å². The molecule has 0 heterocycles. The van der Waals surface area contributed by atoms with E-state index in [9.17, 15) is 15.0 Å². The summed E-state index contributed by atoms with van der Waals surface area (Å²) in [6.45, 7) is 0.379. The van der Waals surface area contributed by atoms with Crippen LogP contribution in [-0.4, -0.2) is 23.3 Å². The third-order valence-corrected chi connectivity index (χ3v) is 3.89. The summed E-state index contributed by atoms with van der Waals surface area (Å²) >= 11 is 0. The van der Waals surface area contributed by atoms with Crippen molar-refractivity contribution in [3.63, 3.8) is 0 Å². The second-order valence-electron chi connectivity index (χ2n) is 5.36. The highest BCUT2D eigenvalue weighted by molar-refractivity contribution is 5.93. The summed E-state index contributed by atoms with van der Waals surface area (Å²) in [5, 5.41) is 25.2. The fraction of sp³-hybridized carbons (Fsp3) is 0.105. The van der Waals surface area contributed by atoms with Crippen LogP contribution in [0, 0.1) is 0 Å². The van der Waals surface area contributed by atoms with Gasteiger partial charge in [-0.2, -0.15) is 0 Å². The number of carbonyl (C=O) groups excluding carboxylic acids is 1. The SMILES string of the molecule is COC(=O)c1ccc(NCc2c(O)ccc3ccccc23)cc1O. The Morgan fingerprint density at radius 2 is 1.83 bits per heavy atom. The average molecular weight is 323 g/mol. The Balaban J connectivity index is 1.85. The maximum absolute atomic E-state index is 11.5. The molecule has 0 atom stereocenters. The predicted molar refractivity (Wildman–Crippen MR) is 92.4 cm³/mol. The van der Waals surface area contributed by atoms with Gasteiger partial charge in [0.1, 0.15) is 17.1 Å². The molecule has 0 aliphatic rings. The minimum Gasteiger partial charge on any atom is -0.508 e. The van der Waals surface area contributed by atoms with Gasteiger partial charge >= 0.3 is 5.97 Å². The molecule has 0 aliphatic carbocycles. The van der Waals surface area contributed by atoms with Crippen molar-refractivity contribution in [1.82, 2.24) is 0 Å². The molecule has 0 spiro atoms. The fourth-order valence-corrected chi connectivity index (χ4v) is 2.62. The number of fused-ring (bicyclic) bond motifs is 1. The number of ether oxygens (including phenoxy) is 1. The third kappa shape index (κ3) is 2.96. The lowest BCUT2D eigenvalue weighted by molar-refractivity contribution is 0.0597. The largest absolute Gasteiger partial charge is 0.508 e. The van der Waals surface area contributed by atoms with E-state index in [1.165, 1.54) is 19.2 Å². The Hall–Kier alpha value is -3.21. The number of aromatic hydroxyl groups is 2. The van der Waals surface area contributed by atoms with Gasteiger partial charge in [0.25, 0.3) is 0 Å². The average Bonchev–Trinajstić information content (AvgIpc) is 2.60. The van der Waals surface area contributed by atoms with Gasteiger partial charge in [-0.05, 0) is 29.0 Å². The van der Waals surface area contributed by atoms with E-state index in [4.69, 9.17) is 0 Å². The molecular weight excluding hydrogens is 306 g/mol. The molecule has 3 aromatic rings. The topological polar surface area (TPSA) is 78.8 Å². The molecule has 0 fully saturated rings. The summed E-state index contributed by atoms with van der Waals surface area (Å²) in [6.07, 6.45) is 0. The molecule has 5 heteroatoms. The van der Waals surface area contributed by atoms with Crippen LogP contribution in [0.2, 0.25) is 0 Å². The van der Waals surface area contributed by atoms with E-state index in [2.05, 4.69) is 10.1 Å². The van der Waals surface area contributed by atoms with Gasteiger partial charge < -0.3 is 20.3 Å². The van der Waals surface area contributed by atoms with E-state index in [1.54, 1.807) is 12.1 Å². The lowest BCUT2D eigenvalue weighted by Crippen LogP contribution is -2.04. The minimum absolute atomic E-state index is 0.107. The van der Waals surface area contributed by atoms with Crippen molar-refractivity contribution in [2.24, 2.45) is 0 Å². The molecule has 5 nitrogen and oxygen atoms in total. The van der Waals surface area contributed by atoms with Crippen LogP contribution >= 0.6 is 0 Å². The molecule has 0 bridgehead atoms. The Labute approximate surface area is 139 Å². The van der Waals surface area contributed by atoms with Crippen LogP contribution in [0.5, 0.6) is 11.5 Å². The zero-order valence-corrected chi connectivity index (χ0v) is 13.1. The molecule has 3 aromatic carbocycles. The first-order valence-electron chi connectivity index (χ1n) is 7.45. The Kier molecular flexibility index (Phi) is 4.24. The molecule has 3 rings (SSSR count). The normalized spacial score (nSPS) is 10.5. The number of anilines is 1. The summed E-state index contributed by atoms with van der Waals surface area (Å²) in [5.41, 5.74) is 1.51. The lowest BCUT2D eigenvalue weighted by atomic mass is 10.0. The lowest BCUT2D eigenvalue weighted by Gasteiger charge is -2.12. The molecular formula is C19H17NO4. The summed E-state index contributed by atoms with van der Waals surface area (Å²) in [6, 6.07) is 15.9. The highest BCUT2D eigenvalue weighted by Crippen LogP contribution is 2.29. The van der Waals surface area contributed by atoms with Crippen LogP contribution in [0.1, 0.15) is 15.9 Å². The van der Waals surface area contributed by atoms with Crippen LogP contribution in [0.4, 0.5) is 5.69 Å². The van der Waals surface area contributed by atoms with Crippen molar-refractivity contribution in [2.45, 2.75) is 6.54 Å². The number of methoxy groups -OCH3 is 1. The van der Waals surface area contributed by atoms with Crippen molar-refractivity contribution in [2.75, 3.05) is 12.4 Å². The first kappa shape index (κ1) is 15.7. The maximum atomic E-state index is 11.5. The molecule has 24 heavy (non-hydrogen) atoms. The van der Waals surface area contributed by atoms with Crippen molar-refractivity contribution in [3.8, 4) is 11.5 Å². The van der Waals surface area contributed by atoms with E-state index in [1.807, 2.05) is 30.3 Å². The zero-order chi connectivity index (χ0) is 17.1. The minimum atomic E-state index is -0.592. The van der Waals surface area contributed by atoms with Gasteiger partial charge in [0, 0.05) is 23.9 Å². The van der Waals surface area contributed by atoms with Crippen LogP contribution in [0.3, 0.4) is 0 Å². The molecule has 0 radical (unpaired) electrons. The smallest absolute Gasteiger partial charge is 0.341 e. The van der Waals surface area contributed by atoms with E-state index < -0.39 is 5.97 Å². The number of carbonyl (C=O) groups is 1. The van der Waals surface area contributed by atoms with Gasteiger partial charge in [-0.25, -0.2) is 4.79 Å². The summed E-state index contributed by atoms with van der Waals surface area (Å²) in [7, 11) is 1.26. The maximum Gasteiger partial charge on any atom is 0.341 e. The fourth-order valence-electron chi connectivity index (χ4n) is 2.62. The quantitative estimate of drug-likeness (QED) is 0.639. The van der Waals surface area contributed by atoms with Crippen LogP contribution < -0.4 is 5.32 Å². The first-order chi connectivity index (χ1) is 11.6. The summed E-state index contributed by atoms with van der Waals surface area (Å²) in [5.74, 6) is -0.545. The second-order valence-corrected chi connectivity index (χ2v) is 5.36. The molecule has 0 saturated heterocycles. The number of hydrogen-bond donors (Lipinski definition) is 3. The van der Waals surface area contributed by atoms with E-state index in [0.717, 1.165) is 16.3 Å². The number of hydrogen-bond acceptors (Lipinski definition) is 5. The number of phenols is 2. The zero-order valence-electron chi connectivity index (χ0n) is 13.1.